The van der Waals surface area contributed by atoms with Crippen molar-refractivity contribution in [3.8, 4) is 11.3 Å². The molecule has 8 heteroatoms. The molecule has 0 atom stereocenters. The zero-order valence-electron chi connectivity index (χ0n) is 19.0. The number of nitrogen functional groups attached to an aromatic ring is 1. The molecular formula is C25H29N7O. The van der Waals surface area contributed by atoms with Crippen molar-refractivity contribution >= 4 is 34.7 Å². The van der Waals surface area contributed by atoms with Gasteiger partial charge in [0.2, 0.25) is 0 Å². The van der Waals surface area contributed by atoms with Gasteiger partial charge in [0.1, 0.15) is 0 Å². The van der Waals surface area contributed by atoms with Gasteiger partial charge >= 0.3 is 0 Å². The summed E-state index contributed by atoms with van der Waals surface area (Å²) >= 11 is 0. The Labute approximate surface area is 193 Å². The third-order valence-corrected chi connectivity index (χ3v) is 5.42. The largest absolute Gasteiger partial charge is 0.398 e. The van der Waals surface area contributed by atoms with Gasteiger partial charge in [-0.15, -0.1) is 0 Å². The Morgan fingerprint density at radius 3 is 2.55 bits per heavy atom. The van der Waals surface area contributed by atoms with Gasteiger partial charge < -0.3 is 30.5 Å². The molecule has 0 aliphatic carbocycles. The molecule has 1 aliphatic heterocycles. The topological polar surface area (TPSA) is 105 Å². The van der Waals surface area contributed by atoms with Gasteiger partial charge in [0, 0.05) is 66.1 Å². The highest BCUT2D eigenvalue weighted by atomic mass is 16.5. The van der Waals surface area contributed by atoms with E-state index >= 15 is 0 Å². The van der Waals surface area contributed by atoms with Crippen molar-refractivity contribution in [2.24, 2.45) is 0 Å². The Hall–Kier alpha value is -3.91. The van der Waals surface area contributed by atoms with Gasteiger partial charge in [0.25, 0.3) is 0 Å². The number of nitrogens with two attached hydrogens (primary N) is 1. The molecule has 0 bridgehead atoms. The predicted molar refractivity (Wildman–Crippen MR) is 135 cm³/mol. The number of hydrogen-bond acceptors (Lipinski definition) is 7. The Morgan fingerprint density at radius 1 is 1.09 bits per heavy atom. The van der Waals surface area contributed by atoms with Gasteiger partial charge in [-0.05, 0) is 30.3 Å². The SMILES string of the molecule is CC.N=Cc1ccc(-c2cn3ccnc3c(Nc3ccc(N4CCOCC4)cc3)n2)cc1N. The average Bonchev–Trinajstić information content (AvgIpc) is 3.35. The molecule has 1 aliphatic rings. The second-order valence-electron chi connectivity index (χ2n) is 7.39. The number of imidazole rings is 1. The third-order valence-electron chi connectivity index (χ3n) is 5.42. The van der Waals surface area contributed by atoms with E-state index in [0.717, 1.165) is 48.9 Å². The molecule has 1 saturated heterocycles. The molecule has 0 radical (unpaired) electrons. The molecule has 2 aromatic carbocycles. The van der Waals surface area contributed by atoms with Gasteiger partial charge in [-0.25, -0.2) is 9.97 Å². The molecule has 3 heterocycles. The summed E-state index contributed by atoms with van der Waals surface area (Å²) < 4.78 is 7.37. The van der Waals surface area contributed by atoms with Crippen LogP contribution >= 0.6 is 0 Å². The summed E-state index contributed by atoms with van der Waals surface area (Å²) in [6.07, 6.45) is 6.82. The van der Waals surface area contributed by atoms with E-state index in [-0.39, 0.29) is 0 Å². The minimum atomic E-state index is 0.549. The van der Waals surface area contributed by atoms with E-state index in [1.165, 1.54) is 11.9 Å². The molecule has 1 fully saturated rings. The van der Waals surface area contributed by atoms with E-state index in [1.807, 2.05) is 48.8 Å². The van der Waals surface area contributed by atoms with Crippen molar-refractivity contribution in [2.75, 3.05) is 42.3 Å². The first-order valence-corrected chi connectivity index (χ1v) is 11.1. The van der Waals surface area contributed by atoms with Crippen molar-refractivity contribution < 1.29 is 4.74 Å². The Kier molecular flexibility index (Phi) is 6.85. The number of rotatable bonds is 5. The zero-order chi connectivity index (χ0) is 23.2. The fourth-order valence-electron chi connectivity index (χ4n) is 3.73. The fourth-order valence-corrected chi connectivity index (χ4v) is 3.73. The van der Waals surface area contributed by atoms with E-state index < -0.39 is 0 Å². The number of nitrogens with one attached hydrogen (secondary N) is 2. The van der Waals surface area contributed by atoms with Crippen molar-refractivity contribution in [1.29, 1.82) is 5.41 Å². The smallest absolute Gasteiger partial charge is 0.180 e. The second kappa shape index (κ2) is 10.1. The number of benzene rings is 2. The highest BCUT2D eigenvalue weighted by Crippen LogP contribution is 2.27. The van der Waals surface area contributed by atoms with Crippen molar-refractivity contribution in [2.45, 2.75) is 13.8 Å². The lowest BCUT2D eigenvalue weighted by atomic mass is 10.1. The second-order valence-corrected chi connectivity index (χ2v) is 7.39. The number of morpholine rings is 1. The Morgan fingerprint density at radius 2 is 1.85 bits per heavy atom. The summed E-state index contributed by atoms with van der Waals surface area (Å²) in [6, 6.07) is 13.9. The van der Waals surface area contributed by atoms with Crippen LogP contribution in [0.2, 0.25) is 0 Å². The Balaban J connectivity index is 0.00000126. The Bertz CT molecular complexity index is 1230. The molecule has 0 saturated carbocycles. The molecule has 0 unspecified atom stereocenters. The quantitative estimate of drug-likeness (QED) is 0.308. The number of ether oxygens (including phenoxy) is 1. The van der Waals surface area contributed by atoms with Crippen LogP contribution < -0.4 is 16.0 Å². The monoisotopic (exact) mass is 443 g/mol. The van der Waals surface area contributed by atoms with Crippen molar-refractivity contribution in [1.82, 2.24) is 14.4 Å². The molecular weight excluding hydrogens is 414 g/mol. The average molecular weight is 444 g/mol. The van der Waals surface area contributed by atoms with E-state index in [2.05, 4.69) is 39.5 Å². The molecule has 8 nitrogen and oxygen atoms in total. The molecule has 0 amide bonds. The minimum absolute atomic E-state index is 0.549. The van der Waals surface area contributed by atoms with E-state index in [9.17, 15) is 0 Å². The number of fused-ring (bicyclic) bond motifs is 1. The van der Waals surface area contributed by atoms with Crippen LogP contribution in [0, 0.1) is 5.41 Å². The van der Waals surface area contributed by atoms with Gasteiger partial charge in [-0.1, -0.05) is 26.0 Å². The fraction of sp³-hybridized carbons (Fsp3) is 0.240. The third kappa shape index (κ3) is 4.80. The maximum absolute atomic E-state index is 7.43. The number of aromatic nitrogens is 3. The molecule has 170 valence electrons. The maximum Gasteiger partial charge on any atom is 0.180 e. The maximum atomic E-state index is 7.43. The molecule has 4 N–H and O–H groups in total. The van der Waals surface area contributed by atoms with Gasteiger partial charge in [0.15, 0.2) is 11.5 Å². The summed E-state index contributed by atoms with van der Waals surface area (Å²) in [5.74, 6) is 0.663. The molecule has 4 aromatic rings. The lowest BCUT2D eigenvalue weighted by Gasteiger charge is -2.28. The van der Waals surface area contributed by atoms with E-state index in [4.69, 9.17) is 20.9 Å². The number of hydrogen-bond donors (Lipinski definition) is 3. The van der Waals surface area contributed by atoms with Crippen LogP contribution in [0.25, 0.3) is 16.9 Å². The lowest BCUT2D eigenvalue weighted by Crippen LogP contribution is -2.36. The van der Waals surface area contributed by atoms with Crippen LogP contribution in [-0.4, -0.2) is 46.9 Å². The zero-order valence-corrected chi connectivity index (χ0v) is 19.0. The predicted octanol–water partition coefficient (Wildman–Crippen LogP) is 4.58. The van der Waals surface area contributed by atoms with Gasteiger partial charge in [-0.3, -0.25) is 0 Å². The first kappa shape index (κ1) is 22.3. The lowest BCUT2D eigenvalue weighted by molar-refractivity contribution is 0.122. The minimum Gasteiger partial charge on any atom is -0.398 e. The first-order valence-electron chi connectivity index (χ1n) is 11.1. The van der Waals surface area contributed by atoms with Crippen LogP contribution in [0.5, 0.6) is 0 Å². The van der Waals surface area contributed by atoms with Crippen molar-refractivity contribution in [3.05, 3.63) is 66.6 Å². The molecule has 2 aromatic heterocycles. The highest BCUT2D eigenvalue weighted by molar-refractivity contribution is 5.87. The summed E-state index contributed by atoms with van der Waals surface area (Å²) in [6.45, 7) is 7.34. The van der Waals surface area contributed by atoms with Crippen molar-refractivity contribution in [3.63, 3.8) is 0 Å². The van der Waals surface area contributed by atoms with Gasteiger partial charge in [-0.2, -0.15) is 0 Å². The number of anilines is 4. The van der Waals surface area contributed by atoms with Crippen LogP contribution in [0.1, 0.15) is 19.4 Å². The first-order chi connectivity index (χ1) is 16.2. The van der Waals surface area contributed by atoms with Crippen LogP contribution in [0.4, 0.5) is 22.9 Å². The van der Waals surface area contributed by atoms with Gasteiger partial charge in [0.05, 0.1) is 18.9 Å². The summed E-state index contributed by atoms with van der Waals surface area (Å²) in [5.41, 5.74) is 11.8. The van der Waals surface area contributed by atoms with Crippen LogP contribution in [-0.2, 0) is 4.74 Å². The summed E-state index contributed by atoms with van der Waals surface area (Å²) in [4.78, 5) is 11.6. The number of nitrogens with zero attached hydrogens (tertiary/aromatic N) is 4. The summed E-state index contributed by atoms with van der Waals surface area (Å²) in [5, 5.41) is 10.8. The van der Waals surface area contributed by atoms with Crippen LogP contribution in [0.15, 0.2) is 61.1 Å². The molecule has 0 spiro atoms. The highest BCUT2D eigenvalue weighted by Gasteiger charge is 2.13. The van der Waals surface area contributed by atoms with E-state index in [1.54, 1.807) is 6.20 Å². The summed E-state index contributed by atoms with van der Waals surface area (Å²) in [7, 11) is 0. The van der Waals surface area contributed by atoms with E-state index in [0.29, 0.717) is 17.1 Å². The standard InChI is InChI=1S/C23H23N7O.C2H6/c24-14-17-2-1-16(13-20(17)25)21-15-30-8-7-26-23(30)22(28-21)27-18-3-5-19(6-4-18)29-9-11-31-12-10-29;1-2/h1-8,13-15,24H,9-12,25H2,(H,27,28);1-2H3. The normalized spacial score (nSPS) is 13.3. The molecule has 33 heavy (non-hydrogen) atoms. The molecule has 5 rings (SSSR count). The van der Waals surface area contributed by atoms with Crippen LogP contribution in [0.3, 0.4) is 0 Å².